The van der Waals surface area contributed by atoms with Crippen LogP contribution in [-0.4, -0.2) is 62.7 Å². The van der Waals surface area contributed by atoms with Gasteiger partial charge in [-0.3, -0.25) is 19.0 Å². The van der Waals surface area contributed by atoms with Crippen molar-refractivity contribution in [3.63, 3.8) is 0 Å². The lowest BCUT2D eigenvalue weighted by molar-refractivity contribution is 0.0565. The highest BCUT2D eigenvalue weighted by Gasteiger charge is 2.27. The Labute approximate surface area is 233 Å². The predicted octanol–water partition coefficient (Wildman–Crippen LogP) is 4.20. The molecule has 40 heavy (non-hydrogen) atoms. The Kier molecular flexibility index (Phi) is 7.23. The molecule has 1 fully saturated rings. The van der Waals surface area contributed by atoms with Crippen LogP contribution in [0.15, 0.2) is 95.8 Å². The Balaban J connectivity index is 1.21. The van der Waals surface area contributed by atoms with E-state index >= 15 is 0 Å². The van der Waals surface area contributed by atoms with Gasteiger partial charge in [0, 0.05) is 38.8 Å². The monoisotopic (exact) mass is 531 g/mol. The molecule has 3 heterocycles. The van der Waals surface area contributed by atoms with Crippen molar-refractivity contribution >= 4 is 16.7 Å². The lowest BCUT2D eigenvalue weighted by Crippen LogP contribution is -2.50. The van der Waals surface area contributed by atoms with E-state index in [1.165, 1.54) is 17.2 Å². The molecular formula is C33H33N5O2. The molecular weight excluding hydrogens is 498 g/mol. The maximum atomic E-state index is 13.0. The van der Waals surface area contributed by atoms with Gasteiger partial charge in [0.25, 0.3) is 5.56 Å². The van der Waals surface area contributed by atoms with Gasteiger partial charge in [-0.2, -0.15) is 5.26 Å². The molecule has 5 aromatic rings. The molecule has 1 N–H and O–H groups in total. The van der Waals surface area contributed by atoms with Crippen molar-refractivity contribution in [2.45, 2.75) is 25.6 Å². The average molecular weight is 532 g/mol. The Hall–Kier alpha value is -4.22. The summed E-state index contributed by atoms with van der Waals surface area (Å²) in [5.41, 5.74) is 5.63. The number of aliphatic hydroxyl groups is 1. The van der Waals surface area contributed by atoms with Crippen molar-refractivity contribution in [1.82, 2.24) is 18.8 Å². The minimum absolute atomic E-state index is 0.168. The maximum Gasteiger partial charge on any atom is 0.257 e. The molecule has 1 saturated heterocycles. The van der Waals surface area contributed by atoms with Crippen LogP contribution in [0.5, 0.6) is 0 Å². The van der Waals surface area contributed by atoms with Gasteiger partial charge in [-0.25, -0.2) is 0 Å². The van der Waals surface area contributed by atoms with E-state index in [1.807, 2.05) is 28.8 Å². The van der Waals surface area contributed by atoms with Crippen molar-refractivity contribution in [2.75, 3.05) is 32.7 Å². The SMILES string of the molecule is Cc1cc(=O)n2c3ccccc3n(C[C@H](O)CN3CCN(C(c4ccccc4)c4ccccc4)CC3)c2c1C#N. The molecule has 0 aliphatic carbocycles. The number of piperazine rings is 1. The van der Waals surface area contributed by atoms with E-state index in [4.69, 9.17) is 0 Å². The molecule has 0 radical (unpaired) electrons. The zero-order valence-corrected chi connectivity index (χ0v) is 22.6. The van der Waals surface area contributed by atoms with Gasteiger partial charge in [0.2, 0.25) is 0 Å². The highest BCUT2D eigenvalue weighted by molar-refractivity contribution is 5.84. The molecule has 0 unspecified atom stereocenters. The van der Waals surface area contributed by atoms with Crippen molar-refractivity contribution in [3.8, 4) is 6.07 Å². The summed E-state index contributed by atoms with van der Waals surface area (Å²) in [6, 6.07) is 32.9. The fraction of sp³-hybridized carbons (Fsp3) is 0.273. The zero-order valence-electron chi connectivity index (χ0n) is 22.6. The first kappa shape index (κ1) is 26.0. The molecule has 0 spiro atoms. The number of β-amino-alcohol motifs (C(OH)–C–C–N with tert-alkyl or cyclic N) is 1. The van der Waals surface area contributed by atoms with Gasteiger partial charge in [0.1, 0.15) is 11.7 Å². The topological polar surface area (TPSA) is 76.9 Å². The number of nitriles is 1. The molecule has 1 atom stereocenters. The Morgan fingerprint density at radius 2 is 1.40 bits per heavy atom. The largest absolute Gasteiger partial charge is 0.390 e. The summed E-state index contributed by atoms with van der Waals surface area (Å²) >= 11 is 0. The third-order valence-corrected chi connectivity index (χ3v) is 8.04. The number of aryl methyl sites for hydroxylation is 1. The number of aromatic nitrogens is 2. The fourth-order valence-electron chi connectivity index (χ4n) is 6.18. The van der Waals surface area contributed by atoms with Gasteiger partial charge in [-0.05, 0) is 35.7 Å². The molecule has 7 heteroatoms. The number of pyridine rings is 1. The lowest BCUT2D eigenvalue weighted by atomic mass is 9.96. The third-order valence-electron chi connectivity index (χ3n) is 8.04. The number of rotatable bonds is 7. The van der Waals surface area contributed by atoms with Gasteiger partial charge >= 0.3 is 0 Å². The Morgan fingerprint density at radius 3 is 2.00 bits per heavy atom. The van der Waals surface area contributed by atoms with E-state index in [2.05, 4.69) is 76.5 Å². The van der Waals surface area contributed by atoms with Crippen molar-refractivity contribution in [3.05, 3.63) is 124 Å². The lowest BCUT2D eigenvalue weighted by Gasteiger charge is -2.40. The minimum Gasteiger partial charge on any atom is -0.390 e. The summed E-state index contributed by atoms with van der Waals surface area (Å²) < 4.78 is 3.53. The van der Waals surface area contributed by atoms with Gasteiger partial charge in [-0.15, -0.1) is 0 Å². The molecule has 2 aromatic heterocycles. The molecule has 0 amide bonds. The Bertz CT molecular complexity index is 1690. The van der Waals surface area contributed by atoms with Crippen molar-refractivity contribution in [2.24, 2.45) is 0 Å². The van der Waals surface area contributed by atoms with E-state index in [1.54, 1.807) is 11.3 Å². The quantitative estimate of drug-likeness (QED) is 0.341. The molecule has 1 aliphatic rings. The van der Waals surface area contributed by atoms with E-state index < -0.39 is 6.10 Å². The molecule has 1 aliphatic heterocycles. The highest BCUT2D eigenvalue weighted by Crippen LogP contribution is 2.30. The first-order valence-electron chi connectivity index (χ1n) is 13.8. The van der Waals surface area contributed by atoms with Crippen LogP contribution in [-0.2, 0) is 6.54 Å². The summed E-state index contributed by atoms with van der Waals surface area (Å²) in [5.74, 6) is 0. The van der Waals surface area contributed by atoms with Crippen molar-refractivity contribution in [1.29, 1.82) is 5.26 Å². The van der Waals surface area contributed by atoms with Crippen LogP contribution in [0.25, 0.3) is 16.7 Å². The number of nitrogens with zero attached hydrogens (tertiary/aromatic N) is 5. The second-order valence-electron chi connectivity index (χ2n) is 10.6. The minimum atomic E-state index is -0.660. The average Bonchev–Trinajstić information content (AvgIpc) is 3.30. The van der Waals surface area contributed by atoms with Gasteiger partial charge < -0.3 is 9.67 Å². The smallest absolute Gasteiger partial charge is 0.257 e. The van der Waals surface area contributed by atoms with E-state index in [0.29, 0.717) is 29.9 Å². The van der Waals surface area contributed by atoms with E-state index in [0.717, 1.165) is 37.2 Å². The zero-order chi connectivity index (χ0) is 27.6. The number of aliphatic hydroxyl groups excluding tert-OH is 1. The van der Waals surface area contributed by atoms with Crippen LogP contribution in [0.3, 0.4) is 0 Å². The maximum absolute atomic E-state index is 13.0. The molecule has 6 rings (SSSR count). The standard InChI is InChI=1S/C33H33N5O2/c1-24-20-31(40)38-30-15-9-8-14-29(30)37(33(38)28(24)21-34)23-27(39)22-35-16-18-36(19-17-35)32(25-10-4-2-5-11-25)26-12-6-3-7-13-26/h2-15,20,27,32,39H,16-19,22-23H2,1H3/t27-/m1/s1. The second kappa shape index (κ2) is 11.1. The van der Waals surface area contributed by atoms with Crippen LogP contribution in [0.2, 0.25) is 0 Å². The van der Waals surface area contributed by atoms with Crippen LogP contribution in [0.1, 0.15) is 28.3 Å². The number of hydrogen-bond donors (Lipinski definition) is 1. The van der Waals surface area contributed by atoms with Crippen LogP contribution in [0.4, 0.5) is 0 Å². The summed E-state index contributed by atoms with van der Waals surface area (Å²) in [5, 5.41) is 21.2. The van der Waals surface area contributed by atoms with Crippen molar-refractivity contribution < 1.29 is 5.11 Å². The third kappa shape index (κ3) is 4.82. The number of hydrogen-bond acceptors (Lipinski definition) is 5. The second-order valence-corrected chi connectivity index (χ2v) is 10.6. The van der Waals surface area contributed by atoms with Crippen LogP contribution in [0, 0.1) is 18.3 Å². The van der Waals surface area contributed by atoms with Gasteiger partial charge in [0.15, 0.2) is 0 Å². The summed E-state index contributed by atoms with van der Waals surface area (Å²) in [6.45, 7) is 6.09. The Morgan fingerprint density at radius 1 is 0.825 bits per heavy atom. The summed E-state index contributed by atoms with van der Waals surface area (Å²) in [4.78, 5) is 17.8. The first-order chi connectivity index (χ1) is 19.5. The molecule has 3 aromatic carbocycles. The normalized spacial score (nSPS) is 15.6. The molecule has 202 valence electrons. The molecule has 0 bridgehead atoms. The number of para-hydroxylation sites is 2. The first-order valence-corrected chi connectivity index (χ1v) is 13.8. The number of benzene rings is 3. The molecule has 0 saturated carbocycles. The van der Waals surface area contributed by atoms with E-state index in [-0.39, 0.29) is 11.6 Å². The van der Waals surface area contributed by atoms with Crippen LogP contribution < -0.4 is 5.56 Å². The summed E-state index contributed by atoms with van der Waals surface area (Å²) in [6.07, 6.45) is -0.660. The van der Waals surface area contributed by atoms with Gasteiger partial charge in [0.05, 0.1) is 35.3 Å². The van der Waals surface area contributed by atoms with E-state index in [9.17, 15) is 15.2 Å². The van der Waals surface area contributed by atoms with Gasteiger partial charge in [-0.1, -0.05) is 72.8 Å². The number of imidazole rings is 1. The highest BCUT2D eigenvalue weighted by atomic mass is 16.3. The molecule has 7 nitrogen and oxygen atoms in total. The summed E-state index contributed by atoms with van der Waals surface area (Å²) in [7, 11) is 0. The van der Waals surface area contributed by atoms with Crippen LogP contribution >= 0.6 is 0 Å². The fourth-order valence-corrected chi connectivity index (χ4v) is 6.18. The predicted molar refractivity (Wildman–Crippen MR) is 157 cm³/mol. The number of fused-ring (bicyclic) bond motifs is 3.